The molecule has 7 nitrogen and oxygen atoms in total. The predicted molar refractivity (Wildman–Crippen MR) is 121 cm³/mol. The molecule has 2 heterocycles. The summed E-state index contributed by atoms with van der Waals surface area (Å²) in [5.74, 6) is -0.715. The fraction of sp³-hybridized carbons (Fsp3) is 0.640. The van der Waals surface area contributed by atoms with E-state index in [9.17, 15) is 9.90 Å². The molecule has 32 heavy (non-hydrogen) atoms. The van der Waals surface area contributed by atoms with Crippen molar-refractivity contribution in [1.82, 2.24) is 4.90 Å². The number of rotatable bonds is 5. The van der Waals surface area contributed by atoms with Crippen LogP contribution >= 0.6 is 0 Å². The number of fused-ring (bicyclic) bond motifs is 1. The molecule has 3 rings (SSSR count). The molecule has 0 saturated carbocycles. The van der Waals surface area contributed by atoms with Crippen molar-refractivity contribution in [3.8, 4) is 5.75 Å². The largest absolute Gasteiger partial charge is 0.497 e. The molecular formula is C25H37NO6. The highest BCUT2D eigenvalue weighted by atomic mass is 16.8. The van der Waals surface area contributed by atoms with Gasteiger partial charge in [-0.25, -0.2) is 4.79 Å². The van der Waals surface area contributed by atoms with Gasteiger partial charge in [0.25, 0.3) is 0 Å². The first-order chi connectivity index (χ1) is 14.9. The molecule has 1 fully saturated rings. The molecule has 5 atom stereocenters. The Kier molecular flexibility index (Phi) is 7.34. The molecule has 0 spiro atoms. The Hall–Kier alpha value is -1.93. The molecular weight excluding hydrogens is 410 g/mol. The summed E-state index contributed by atoms with van der Waals surface area (Å²) in [5, 5.41) is 11.3. The van der Waals surface area contributed by atoms with E-state index in [2.05, 4.69) is 17.9 Å². The van der Waals surface area contributed by atoms with E-state index >= 15 is 0 Å². The Morgan fingerprint density at radius 1 is 1.22 bits per heavy atom. The molecule has 1 N–H and O–H groups in total. The van der Waals surface area contributed by atoms with Crippen LogP contribution in [0.4, 0.5) is 0 Å². The average Bonchev–Trinajstić information content (AvgIpc) is 3.00. The summed E-state index contributed by atoms with van der Waals surface area (Å²) in [6.07, 6.45) is 2.50. The number of aliphatic hydroxyl groups excluding tert-OH is 1. The van der Waals surface area contributed by atoms with Crippen LogP contribution in [0.25, 0.3) is 0 Å². The van der Waals surface area contributed by atoms with Gasteiger partial charge in [-0.2, -0.15) is 0 Å². The summed E-state index contributed by atoms with van der Waals surface area (Å²) in [7, 11) is 1.63. The Morgan fingerprint density at radius 3 is 2.47 bits per heavy atom. The van der Waals surface area contributed by atoms with Crippen LogP contribution in [-0.2, 0) is 19.0 Å². The normalized spacial score (nSPS) is 28.7. The van der Waals surface area contributed by atoms with E-state index in [0.717, 1.165) is 17.7 Å². The molecule has 0 aliphatic carbocycles. The zero-order valence-electron chi connectivity index (χ0n) is 20.2. The summed E-state index contributed by atoms with van der Waals surface area (Å²) in [4.78, 5) is 15.1. The van der Waals surface area contributed by atoms with Crippen molar-refractivity contribution in [2.45, 2.75) is 89.7 Å². The van der Waals surface area contributed by atoms with E-state index < -0.39 is 35.6 Å². The van der Waals surface area contributed by atoms with Crippen LogP contribution in [0.3, 0.4) is 0 Å². The molecule has 0 bridgehead atoms. The Balaban J connectivity index is 1.99. The molecule has 0 unspecified atom stereocenters. The van der Waals surface area contributed by atoms with E-state index in [1.54, 1.807) is 27.9 Å². The summed E-state index contributed by atoms with van der Waals surface area (Å²) < 4.78 is 23.2. The zero-order chi connectivity index (χ0) is 23.7. The fourth-order valence-corrected chi connectivity index (χ4v) is 4.41. The number of esters is 1. The topological polar surface area (TPSA) is 77.5 Å². The molecule has 2 aliphatic heterocycles. The van der Waals surface area contributed by atoms with Gasteiger partial charge in [0, 0.05) is 12.6 Å². The van der Waals surface area contributed by atoms with Crippen molar-refractivity contribution in [2.24, 2.45) is 0 Å². The summed E-state index contributed by atoms with van der Waals surface area (Å²) >= 11 is 0. The average molecular weight is 448 g/mol. The summed E-state index contributed by atoms with van der Waals surface area (Å²) in [6, 6.07) is 7.08. The van der Waals surface area contributed by atoms with Gasteiger partial charge < -0.3 is 24.1 Å². The molecule has 7 heteroatoms. The molecule has 0 amide bonds. The SMILES string of the molecule is COc1ccc([C@@H](C)N2CC/C=C\[C@@H]3OC(C)(C)O[C@H]3[C@@H]2[C@@H](O)C(=O)OC(C)(C)C)cc1. The maximum atomic E-state index is 13.0. The predicted octanol–water partition coefficient (Wildman–Crippen LogP) is 3.61. The van der Waals surface area contributed by atoms with Crippen LogP contribution in [0.15, 0.2) is 36.4 Å². The van der Waals surface area contributed by atoms with Gasteiger partial charge >= 0.3 is 5.97 Å². The number of aliphatic hydroxyl groups is 1. The highest BCUT2D eigenvalue weighted by molar-refractivity contribution is 5.76. The van der Waals surface area contributed by atoms with Gasteiger partial charge in [0.05, 0.1) is 13.2 Å². The number of nitrogens with zero attached hydrogens (tertiary/aromatic N) is 1. The third kappa shape index (κ3) is 5.70. The number of benzene rings is 1. The minimum atomic E-state index is -1.40. The maximum absolute atomic E-state index is 13.0. The van der Waals surface area contributed by atoms with Crippen LogP contribution in [0.2, 0.25) is 0 Å². The van der Waals surface area contributed by atoms with Crippen LogP contribution in [0.1, 0.15) is 59.6 Å². The second kappa shape index (κ2) is 9.51. The first kappa shape index (κ1) is 24.7. The van der Waals surface area contributed by atoms with Gasteiger partial charge in [-0.05, 0) is 65.7 Å². The van der Waals surface area contributed by atoms with Crippen LogP contribution in [0.5, 0.6) is 5.75 Å². The highest BCUT2D eigenvalue weighted by Gasteiger charge is 2.51. The molecule has 1 aromatic carbocycles. The zero-order valence-corrected chi connectivity index (χ0v) is 20.2. The van der Waals surface area contributed by atoms with Gasteiger partial charge in [-0.1, -0.05) is 24.3 Å². The lowest BCUT2D eigenvalue weighted by molar-refractivity contribution is -0.180. The molecule has 178 valence electrons. The van der Waals surface area contributed by atoms with Crippen molar-refractivity contribution in [1.29, 1.82) is 0 Å². The summed E-state index contributed by atoms with van der Waals surface area (Å²) in [5.41, 5.74) is 0.337. The molecule has 0 radical (unpaired) electrons. The monoisotopic (exact) mass is 447 g/mol. The second-order valence-corrected chi connectivity index (χ2v) is 9.94. The first-order valence-corrected chi connectivity index (χ1v) is 11.2. The molecule has 1 saturated heterocycles. The lowest BCUT2D eigenvalue weighted by Crippen LogP contribution is -2.58. The second-order valence-electron chi connectivity index (χ2n) is 9.94. The summed E-state index contributed by atoms with van der Waals surface area (Å²) in [6.45, 7) is 11.8. The van der Waals surface area contributed by atoms with Crippen molar-refractivity contribution < 1.29 is 28.8 Å². The maximum Gasteiger partial charge on any atom is 0.337 e. The number of carbonyl (C=O) groups is 1. The smallest absolute Gasteiger partial charge is 0.337 e. The van der Waals surface area contributed by atoms with Gasteiger partial charge in [-0.15, -0.1) is 0 Å². The van der Waals surface area contributed by atoms with E-state index in [-0.39, 0.29) is 12.1 Å². The fourth-order valence-electron chi connectivity index (χ4n) is 4.41. The van der Waals surface area contributed by atoms with Crippen molar-refractivity contribution in [3.05, 3.63) is 42.0 Å². The number of ether oxygens (including phenoxy) is 4. The van der Waals surface area contributed by atoms with E-state index in [0.29, 0.717) is 6.54 Å². The number of carbonyl (C=O) groups excluding carboxylic acids is 1. The van der Waals surface area contributed by atoms with Gasteiger partial charge in [0.1, 0.15) is 23.6 Å². The standard InChI is InChI=1S/C25H37NO6/c1-16(17-11-13-18(29-7)14-12-17)26-15-9-8-10-19-22(31-25(5,6)30-19)20(26)21(27)23(28)32-24(2,3)4/h8,10-14,16,19-22,27H,9,15H2,1-7H3/b10-8-/t16-,19+,20+,21-,22-/m1/s1. The van der Waals surface area contributed by atoms with Crippen molar-refractivity contribution in [3.63, 3.8) is 0 Å². The van der Waals surface area contributed by atoms with E-state index in [4.69, 9.17) is 18.9 Å². The Labute approximate surface area is 191 Å². The molecule has 2 aliphatic rings. The quantitative estimate of drug-likeness (QED) is 0.546. The number of hydrogen-bond acceptors (Lipinski definition) is 7. The first-order valence-electron chi connectivity index (χ1n) is 11.2. The molecule has 0 aromatic heterocycles. The third-order valence-corrected chi connectivity index (χ3v) is 5.83. The lowest BCUT2D eigenvalue weighted by Gasteiger charge is -2.42. The Bertz CT molecular complexity index is 813. The van der Waals surface area contributed by atoms with Crippen molar-refractivity contribution in [2.75, 3.05) is 13.7 Å². The number of hydrogen-bond donors (Lipinski definition) is 1. The minimum Gasteiger partial charge on any atom is -0.497 e. The van der Waals surface area contributed by atoms with Crippen molar-refractivity contribution >= 4 is 5.97 Å². The van der Waals surface area contributed by atoms with E-state index in [1.165, 1.54) is 0 Å². The van der Waals surface area contributed by atoms with Gasteiger partial charge in [0.15, 0.2) is 11.9 Å². The van der Waals surface area contributed by atoms with Crippen LogP contribution < -0.4 is 4.74 Å². The van der Waals surface area contributed by atoms with Crippen LogP contribution in [-0.4, -0.2) is 65.4 Å². The Morgan fingerprint density at radius 2 is 1.88 bits per heavy atom. The minimum absolute atomic E-state index is 0.0949. The van der Waals surface area contributed by atoms with Gasteiger partial charge in [0.2, 0.25) is 0 Å². The van der Waals surface area contributed by atoms with Crippen LogP contribution in [0, 0.1) is 0 Å². The van der Waals surface area contributed by atoms with Gasteiger partial charge in [-0.3, -0.25) is 4.90 Å². The lowest BCUT2D eigenvalue weighted by atomic mass is 9.92. The van der Waals surface area contributed by atoms with E-state index in [1.807, 2.05) is 44.2 Å². The third-order valence-electron chi connectivity index (χ3n) is 5.83. The molecule has 1 aromatic rings. The highest BCUT2D eigenvalue weighted by Crippen LogP contribution is 2.38. The number of methoxy groups -OCH3 is 1.